The van der Waals surface area contributed by atoms with Crippen molar-refractivity contribution in [2.45, 2.75) is 55.1 Å². The number of aliphatic hydroxyl groups is 8. The van der Waals surface area contributed by atoms with Gasteiger partial charge in [-0.3, -0.25) is 0 Å². The molecule has 0 radical (unpaired) electrons. The number of carbonyl (C=O) groups is 1. The lowest BCUT2D eigenvalue weighted by molar-refractivity contribution is -0.322. The van der Waals surface area contributed by atoms with Crippen LogP contribution in [-0.4, -0.2) is 115 Å². The molecule has 11 heteroatoms. The number of rotatable bonds is 8. The van der Waals surface area contributed by atoms with Gasteiger partial charge in [-0.2, -0.15) is 0 Å². The molecule has 0 spiro atoms. The van der Waals surface area contributed by atoms with Gasteiger partial charge in [-0.1, -0.05) is 0 Å². The van der Waals surface area contributed by atoms with Crippen molar-refractivity contribution in [3.05, 3.63) is 0 Å². The molecule has 0 aromatic heterocycles. The van der Waals surface area contributed by atoms with Gasteiger partial charge in [-0.15, -0.1) is 0 Å². The first-order valence-corrected chi connectivity index (χ1v) is 6.84. The molecule has 8 N–H and O–H groups in total. The summed E-state index contributed by atoms with van der Waals surface area (Å²) in [5.41, 5.74) is 0. The summed E-state index contributed by atoms with van der Waals surface area (Å²) >= 11 is 0. The maximum Gasteiger partial charge on any atom is 0.187 e. The topological polar surface area (TPSA) is 197 Å². The molecule has 1 heterocycles. The van der Waals surface area contributed by atoms with Crippen LogP contribution in [0.25, 0.3) is 0 Å². The van der Waals surface area contributed by atoms with Gasteiger partial charge < -0.3 is 55.1 Å². The van der Waals surface area contributed by atoms with Crippen molar-refractivity contribution < 1.29 is 55.1 Å². The van der Waals surface area contributed by atoms with E-state index in [4.69, 9.17) is 19.7 Å². The van der Waals surface area contributed by atoms with Crippen LogP contribution in [-0.2, 0) is 14.3 Å². The Morgan fingerprint density at radius 2 is 1.61 bits per heavy atom. The average molecular weight is 342 g/mol. The summed E-state index contributed by atoms with van der Waals surface area (Å²) in [4.78, 5) is 10.4. The lowest BCUT2D eigenvalue weighted by Gasteiger charge is -2.41. The second kappa shape index (κ2) is 8.94. The van der Waals surface area contributed by atoms with Crippen LogP contribution in [0.5, 0.6) is 0 Å². The van der Waals surface area contributed by atoms with Gasteiger partial charge in [0.15, 0.2) is 12.6 Å². The molecule has 0 amide bonds. The second-order valence-electron chi connectivity index (χ2n) is 5.16. The molecule has 0 saturated carbocycles. The van der Waals surface area contributed by atoms with E-state index in [1.807, 2.05) is 0 Å². The third-order valence-corrected chi connectivity index (χ3v) is 3.56. The van der Waals surface area contributed by atoms with E-state index in [2.05, 4.69) is 0 Å². The molecule has 136 valence electrons. The first-order valence-electron chi connectivity index (χ1n) is 6.84. The normalized spacial score (nSPS) is 37.0. The van der Waals surface area contributed by atoms with Crippen molar-refractivity contribution in [3.8, 4) is 0 Å². The van der Waals surface area contributed by atoms with Crippen LogP contribution in [0, 0.1) is 0 Å². The highest BCUT2D eigenvalue weighted by molar-refractivity contribution is 5.56. The highest BCUT2D eigenvalue weighted by Gasteiger charge is 2.46. The van der Waals surface area contributed by atoms with Gasteiger partial charge >= 0.3 is 0 Å². The Balaban J connectivity index is 2.79. The van der Waals surface area contributed by atoms with Gasteiger partial charge in [0, 0.05) is 0 Å². The quantitative estimate of drug-likeness (QED) is 0.196. The molecule has 1 fully saturated rings. The van der Waals surface area contributed by atoms with E-state index in [9.17, 15) is 35.4 Å². The van der Waals surface area contributed by atoms with Gasteiger partial charge in [0.05, 0.1) is 13.2 Å². The van der Waals surface area contributed by atoms with Crippen LogP contribution in [0.3, 0.4) is 0 Å². The Morgan fingerprint density at radius 3 is 2.09 bits per heavy atom. The molecule has 1 aliphatic rings. The molecule has 1 saturated heterocycles. The lowest BCUT2D eigenvalue weighted by Crippen LogP contribution is -2.61. The third kappa shape index (κ3) is 4.64. The molecule has 0 aromatic carbocycles. The van der Waals surface area contributed by atoms with Crippen LogP contribution in [0.1, 0.15) is 0 Å². The summed E-state index contributed by atoms with van der Waals surface area (Å²) < 4.78 is 10.1. The number of carbonyl (C=O) groups excluding carboxylic acids is 1. The smallest absolute Gasteiger partial charge is 0.187 e. The Bertz CT molecular complexity index is 365. The first kappa shape index (κ1) is 20.3. The maximum atomic E-state index is 10.4. The first-order chi connectivity index (χ1) is 10.8. The number of ether oxygens (including phenoxy) is 2. The maximum absolute atomic E-state index is 10.4. The number of hydrogen-bond donors (Lipinski definition) is 8. The minimum absolute atomic E-state index is 0.0316. The summed E-state index contributed by atoms with van der Waals surface area (Å²) in [5, 5.41) is 75.7. The third-order valence-electron chi connectivity index (χ3n) is 3.56. The van der Waals surface area contributed by atoms with E-state index >= 15 is 0 Å². The SMILES string of the molecule is O=C[C@H](O)[C@@H](O)[C@H](O)[C@@H](CO)O[C@H]1O[C@H](CO)[C@@H](O)[C@H](O)[C@H]1O. The Hall–Kier alpha value is -0.730. The zero-order valence-corrected chi connectivity index (χ0v) is 12.0. The molecule has 23 heavy (non-hydrogen) atoms. The summed E-state index contributed by atoms with van der Waals surface area (Å²) in [5.74, 6) is 0. The van der Waals surface area contributed by atoms with E-state index in [1.54, 1.807) is 0 Å². The van der Waals surface area contributed by atoms with Crippen molar-refractivity contribution in [1.29, 1.82) is 0 Å². The van der Waals surface area contributed by atoms with Gasteiger partial charge in [-0.25, -0.2) is 0 Å². The monoisotopic (exact) mass is 342 g/mol. The molecule has 0 aliphatic carbocycles. The summed E-state index contributed by atoms with van der Waals surface area (Å²) in [6.07, 6.45) is -15.5. The van der Waals surface area contributed by atoms with Crippen LogP contribution >= 0.6 is 0 Å². The Labute approximate surface area is 130 Å². The minimum Gasteiger partial charge on any atom is -0.394 e. The fourth-order valence-electron chi connectivity index (χ4n) is 2.09. The van der Waals surface area contributed by atoms with Gasteiger partial charge in [0.1, 0.15) is 48.8 Å². The van der Waals surface area contributed by atoms with Crippen molar-refractivity contribution in [3.63, 3.8) is 0 Å². The fourth-order valence-corrected chi connectivity index (χ4v) is 2.09. The second-order valence-corrected chi connectivity index (χ2v) is 5.16. The molecule has 0 unspecified atom stereocenters. The van der Waals surface area contributed by atoms with Crippen molar-refractivity contribution >= 4 is 6.29 Å². The molecular formula is C12H22O11. The van der Waals surface area contributed by atoms with Gasteiger partial charge in [-0.05, 0) is 0 Å². The van der Waals surface area contributed by atoms with E-state index in [1.165, 1.54) is 0 Å². The Kier molecular flexibility index (Phi) is 7.89. The van der Waals surface area contributed by atoms with Crippen LogP contribution < -0.4 is 0 Å². The van der Waals surface area contributed by atoms with Crippen molar-refractivity contribution in [2.75, 3.05) is 13.2 Å². The standard InChI is InChI=1S/C12H22O11/c13-1-4(16)7(17)8(18)5(2-14)22-12-11(21)10(20)9(19)6(3-15)23-12/h1,4-12,14-21H,2-3H2/t4-,5+,6+,7+,8+,9+,10-,11+,12-/m0/s1. The van der Waals surface area contributed by atoms with Crippen LogP contribution in [0.4, 0.5) is 0 Å². The summed E-state index contributed by atoms with van der Waals surface area (Å²) in [7, 11) is 0. The largest absolute Gasteiger partial charge is 0.394 e. The predicted octanol–water partition coefficient (Wildman–Crippen LogP) is -5.55. The molecule has 9 atom stereocenters. The molecule has 0 aromatic rings. The van der Waals surface area contributed by atoms with Gasteiger partial charge in [0.2, 0.25) is 0 Å². The highest BCUT2D eigenvalue weighted by atomic mass is 16.7. The number of aliphatic hydroxyl groups excluding tert-OH is 8. The van der Waals surface area contributed by atoms with Crippen molar-refractivity contribution in [2.24, 2.45) is 0 Å². The van der Waals surface area contributed by atoms with Crippen LogP contribution in [0.15, 0.2) is 0 Å². The fraction of sp³-hybridized carbons (Fsp3) is 0.917. The minimum atomic E-state index is -1.98. The summed E-state index contributed by atoms with van der Waals surface area (Å²) in [6, 6.07) is 0. The van der Waals surface area contributed by atoms with Crippen molar-refractivity contribution in [1.82, 2.24) is 0 Å². The van der Waals surface area contributed by atoms with E-state index in [0.717, 1.165) is 0 Å². The zero-order chi connectivity index (χ0) is 17.7. The highest BCUT2D eigenvalue weighted by Crippen LogP contribution is 2.24. The van der Waals surface area contributed by atoms with Gasteiger partial charge in [0.25, 0.3) is 0 Å². The average Bonchev–Trinajstić information content (AvgIpc) is 2.57. The molecular weight excluding hydrogens is 320 g/mol. The predicted molar refractivity (Wildman–Crippen MR) is 69.8 cm³/mol. The number of aldehydes is 1. The van der Waals surface area contributed by atoms with Crippen LogP contribution in [0.2, 0.25) is 0 Å². The molecule has 1 rings (SSSR count). The van der Waals surface area contributed by atoms with E-state index in [-0.39, 0.29) is 6.29 Å². The molecule has 1 aliphatic heterocycles. The number of hydrogen-bond acceptors (Lipinski definition) is 11. The van der Waals surface area contributed by atoms with E-state index in [0.29, 0.717) is 0 Å². The molecule has 0 bridgehead atoms. The Morgan fingerprint density at radius 1 is 1.00 bits per heavy atom. The van der Waals surface area contributed by atoms with E-state index < -0.39 is 68.3 Å². The molecule has 11 nitrogen and oxygen atoms in total. The lowest BCUT2D eigenvalue weighted by atomic mass is 9.99. The summed E-state index contributed by atoms with van der Waals surface area (Å²) in [6.45, 7) is -1.59. The zero-order valence-electron chi connectivity index (χ0n) is 12.0.